The fourth-order valence-corrected chi connectivity index (χ4v) is 2.17. The van der Waals surface area contributed by atoms with Crippen LogP contribution in [0.2, 0.25) is 0 Å². The van der Waals surface area contributed by atoms with Crippen LogP contribution >= 0.6 is 0 Å². The highest BCUT2D eigenvalue weighted by molar-refractivity contribution is 6.14. The summed E-state index contributed by atoms with van der Waals surface area (Å²) in [4.78, 5) is 22.5. The molecule has 110 valence electrons. The number of hydrogen-bond acceptors (Lipinski definition) is 5. The first kappa shape index (κ1) is 13.8. The molecule has 1 aliphatic heterocycles. The van der Waals surface area contributed by atoms with Gasteiger partial charge < -0.3 is 9.47 Å². The lowest BCUT2D eigenvalue weighted by Gasteiger charge is -2.01. The highest BCUT2D eigenvalue weighted by atomic mass is 16.6. The lowest BCUT2D eigenvalue weighted by Crippen LogP contribution is -1.98. The zero-order chi connectivity index (χ0) is 15.7. The number of allylic oxidation sites excluding steroid dienone is 1. The summed E-state index contributed by atoms with van der Waals surface area (Å²) >= 11 is 0. The van der Waals surface area contributed by atoms with Crippen molar-refractivity contribution in [2.24, 2.45) is 0 Å². The van der Waals surface area contributed by atoms with E-state index in [1.807, 2.05) is 0 Å². The molecule has 0 fully saturated rings. The Morgan fingerprint density at radius 1 is 1.23 bits per heavy atom. The lowest BCUT2D eigenvalue weighted by atomic mass is 10.1. The first-order valence-electron chi connectivity index (χ1n) is 6.45. The van der Waals surface area contributed by atoms with Crippen LogP contribution in [0.15, 0.2) is 48.2 Å². The van der Waals surface area contributed by atoms with E-state index < -0.39 is 4.92 Å². The highest BCUT2D eigenvalue weighted by Gasteiger charge is 2.27. The number of non-ortho nitro benzene ring substituents is 1. The number of rotatable bonds is 3. The van der Waals surface area contributed by atoms with Crippen molar-refractivity contribution in [3.63, 3.8) is 0 Å². The van der Waals surface area contributed by atoms with Crippen molar-refractivity contribution in [3.8, 4) is 11.5 Å². The predicted octanol–water partition coefficient (Wildman–Crippen LogP) is 3.22. The standard InChI is InChI=1S/C16H11NO5/c1-21-12-5-6-13-14(9-12)22-15(16(13)18)8-10-3-2-4-11(7-10)17(19)20/h2-9H,1H3/b15-8-. The number of hydrogen-bond donors (Lipinski definition) is 0. The van der Waals surface area contributed by atoms with Crippen LogP contribution < -0.4 is 9.47 Å². The van der Waals surface area contributed by atoms with Crippen LogP contribution in [0.25, 0.3) is 6.08 Å². The number of carbonyl (C=O) groups is 1. The van der Waals surface area contributed by atoms with E-state index in [-0.39, 0.29) is 17.2 Å². The first-order valence-corrected chi connectivity index (χ1v) is 6.45. The summed E-state index contributed by atoms with van der Waals surface area (Å²) in [6, 6.07) is 10.9. The van der Waals surface area contributed by atoms with E-state index in [1.54, 1.807) is 30.3 Å². The van der Waals surface area contributed by atoms with Crippen molar-refractivity contribution in [2.45, 2.75) is 0 Å². The van der Waals surface area contributed by atoms with Crippen LogP contribution in [0.1, 0.15) is 15.9 Å². The molecule has 0 saturated carbocycles. The normalized spacial score (nSPS) is 14.6. The summed E-state index contributed by atoms with van der Waals surface area (Å²) in [6.07, 6.45) is 1.49. The number of carbonyl (C=O) groups excluding carboxylic acids is 1. The van der Waals surface area contributed by atoms with Gasteiger partial charge in [-0.3, -0.25) is 14.9 Å². The SMILES string of the molecule is COc1ccc2c(c1)O/C(=C\c1cccc([N+](=O)[O-])c1)C2=O. The minimum Gasteiger partial charge on any atom is -0.497 e. The molecule has 0 radical (unpaired) electrons. The van der Waals surface area contributed by atoms with E-state index in [0.29, 0.717) is 22.6 Å². The predicted molar refractivity (Wildman–Crippen MR) is 79.0 cm³/mol. The van der Waals surface area contributed by atoms with Gasteiger partial charge in [-0.15, -0.1) is 0 Å². The number of Topliss-reactive ketones (excluding diaryl/α,β-unsaturated/α-hetero) is 1. The first-order chi connectivity index (χ1) is 10.6. The number of nitro benzene ring substituents is 1. The Hall–Kier alpha value is -3.15. The molecule has 0 unspecified atom stereocenters. The molecule has 2 aromatic carbocycles. The van der Waals surface area contributed by atoms with Gasteiger partial charge in [0.25, 0.3) is 5.69 Å². The molecule has 0 spiro atoms. The van der Waals surface area contributed by atoms with Crippen molar-refractivity contribution in [1.29, 1.82) is 0 Å². The maximum Gasteiger partial charge on any atom is 0.270 e. The fourth-order valence-electron chi connectivity index (χ4n) is 2.17. The second-order valence-electron chi connectivity index (χ2n) is 4.65. The molecule has 0 aromatic heterocycles. The van der Waals surface area contributed by atoms with Crippen LogP contribution in [0.3, 0.4) is 0 Å². The Balaban J connectivity index is 1.95. The zero-order valence-corrected chi connectivity index (χ0v) is 11.6. The summed E-state index contributed by atoms with van der Waals surface area (Å²) in [7, 11) is 1.53. The molecule has 6 nitrogen and oxygen atoms in total. The molecule has 0 saturated heterocycles. The quantitative estimate of drug-likeness (QED) is 0.494. The molecule has 0 bridgehead atoms. The number of fused-ring (bicyclic) bond motifs is 1. The van der Waals surface area contributed by atoms with Crippen LogP contribution in [0.4, 0.5) is 5.69 Å². The molecule has 0 aliphatic carbocycles. The third kappa shape index (κ3) is 2.42. The number of nitro groups is 1. The van der Waals surface area contributed by atoms with E-state index in [2.05, 4.69) is 0 Å². The monoisotopic (exact) mass is 297 g/mol. The van der Waals surface area contributed by atoms with Crippen molar-refractivity contribution in [2.75, 3.05) is 7.11 Å². The van der Waals surface area contributed by atoms with E-state index >= 15 is 0 Å². The van der Waals surface area contributed by atoms with Gasteiger partial charge in [-0.25, -0.2) is 0 Å². The maximum absolute atomic E-state index is 12.3. The maximum atomic E-state index is 12.3. The van der Waals surface area contributed by atoms with Gasteiger partial charge in [0.05, 0.1) is 17.6 Å². The Morgan fingerprint density at radius 3 is 2.77 bits per heavy atom. The Bertz CT molecular complexity index is 810. The van der Waals surface area contributed by atoms with Gasteiger partial charge in [-0.05, 0) is 23.8 Å². The summed E-state index contributed by atoms with van der Waals surface area (Å²) in [5.41, 5.74) is 0.925. The molecule has 1 heterocycles. The molecule has 3 rings (SSSR count). The molecular weight excluding hydrogens is 286 g/mol. The third-order valence-electron chi connectivity index (χ3n) is 3.26. The van der Waals surface area contributed by atoms with Gasteiger partial charge in [-0.1, -0.05) is 12.1 Å². The molecule has 0 amide bonds. The summed E-state index contributed by atoms with van der Waals surface area (Å²) in [5, 5.41) is 10.8. The zero-order valence-electron chi connectivity index (χ0n) is 11.6. The van der Waals surface area contributed by atoms with E-state index in [4.69, 9.17) is 9.47 Å². The molecule has 22 heavy (non-hydrogen) atoms. The average molecular weight is 297 g/mol. The fraction of sp³-hybridized carbons (Fsp3) is 0.0625. The van der Waals surface area contributed by atoms with Gasteiger partial charge >= 0.3 is 0 Å². The van der Waals surface area contributed by atoms with Gasteiger partial charge in [-0.2, -0.15) is 0 Å². The van der Waals surface area contributed by atoms with Gasteiger partial charge in [0.1, 0.15) is 11.5 Å². The summed E-state index contributed by atoms with van der Waals surface area (Å²) in [5.74, 6) is 0.872. The molecule has 0 atom stereocenters. The number of benzene rings is 2. The van der Waals surface area contributed by atoms with Gasteiger partial charge in [0.15, 0.2) is 5.76 Å². The number of nitrogens with zero attached hydrogens (tertiary/aromatic N) is 1. The third-order valence-corrected chi connectivity index (χ3v) is 3.26. The Kier molecular flexibility index (Phi) is 3.34. The average Bonchev–Trinajstić information content (AvgIpc) is 2.83. The topological polar surface area (TPSA) is 78.7 Å². The van der Waals surface area contributed by atoms with E-state index in [9.17, 15) is 14.9 Å². The Morgan fingerprint density at radius 2 is 2.05 bits per heavy atom. The molecule has 0 N–H and O–H groups in total. The number of ketones is 1. The lowest BCUT2D eigenvalue weighted by molar-refractivity contribution is -0.384. The Labute approximate surface area is 125 Å². The van der Waals surface area contributed by atoms with Crippen molar-refractivity contribution in [3.05, 3.63) is 69.5 Å². The number of methoxy groups -OCH3 is 1. The van der Waals surface area contributed by atoms with Crippen molar-refractivity contribution < 1.29 is 19.2 Å². The van der Waals surface area contributed by atoms with Gasteiger partial charge in [0.2, 0.25) is 5.78 Å². The molecule has 1 aliphatic rings. The minimum absolute atomic E-state index is 0.0426. The molecular formula is C16H11NO5. The smallest absolute Gasteiger partial charge is 0.270 e. The summed E-state index contributed by atoms with van der Waals surface area (Å²) < 4.78 is 10.6. The molecule has 6 heteroatoms. The van der Waals surface area contributed by atoms with Crippen LogP contribution in [0.5, 0.6) is 11.5 Å². The van der Waals surface area contributed by atoms with Crippen LogP contribution in [-0.4, -0.2) is 17.8 Å². The van der Waals surface area contributed by atoms with E-state index in [0.717, 1.165) is 0 Å². The van der Waals surface area contributed by atoms with E-state index in [1.165, 1.54) is 25.3 Å². The second kappa shape index (κ2) is 5.33. The molecule has 2 aromatic rings. The summed E-state index contributed by atoms with van der Waals surface area (Å²) in [6.45, 7) is 0. The second-order valence-corrected chi connectivity index (χ2v) is 4.65. The van der Waals surface area contributed by atoms with Crippen molar-refractivity contribution >= 4 is 17.5 Å². The minimum atomic E-state index is -0.487. The van der Waals surface area contributed by atoms with Gasteiger partial charge in [0, 0.05) is 18.2 Å². The van der Waals surface area contributed by atoms with Crippen molar-refractivity contribution in [1.82, 2.24) is 0 Å². The largest absolute Gasteiger partial charge is 0.497 e. The van der Waals surface area contributed by atoms with Crippen LogP contribution in [-0.2, 0) is 0 Å². The van der Waals surface area contributed by atoms with Crippen LogP contribution in [0, 0.1) is 10.1 Å². The highest BCUT2D eigenvalue weighted by Crippen LogP contribution is 2.34. The number of ether oxygens (including phenoxy) is 2.